The highest BCUT2D eigenvalue weighted by Crippen LogP contribution is 2.36. The molecule has 0 radical (unpaired) electrons. The summed E-state index contributed by atoms with van der Waals surface area (Å²) in [5.41, 5.74) is -0.241. The Kier molecular flexibility index (Phi) is 7.54. The first kappa shape index (κ1) is 23.4. The van der Waals surface area contributed by atoms with Gasteiger partial charge in [-0.1, -0.05) is 23.7 Å². The number of likely N-dealkylation sites (N-methyl/N-ethyl adjacent to an activating group) is 1. The number of amides is 1. The number of hydrogen-bond donors (Lipinski definition) is 1. The number of alkyl halides is 3. The summed E-state index contributed by atoms with van der Waals surface area (Å²) < 4.78 is 52.6. The van der Waals surface area contributed by atoms with E-state index >= 15 is 0 Å². The standard InChI is InChI=1S/C20H19ClF4N2O.ClH/c1-27(19(28)13-4-7-17(21)16(10-13)20(23,24)25)18-8-9-26-11-15(18)12-2-5-14(22)6-3-12;/h2-7,10,15,18,26H,8-9,11H2,1H3;1H/t15-,18+;/m0./s1. The average molecular weight is 451 g/mol. The second-order valence-electron chi connectivity index (χ2n) is 6.83. The molecule has 0 saturated carbocycles. The second-order valence-corrected chi connectivity index (χ2v) is 7.23. The van der Waals surface area contributed by atoms with E-state index in [1.807, 2.05) is 0 Å². The minimum absolute atomic E-state index is 0. The molecule has 1 aliphatic heterocycles. The summed E-state index contributed by atoms with van der Waals surface area (Å²) in [5, 5.41) is 2.80. The minimum atomic E-state index is -4.64. The largest absolute Gasteiger partial charge is 0.417 e. The van der Waals surface area contributed by atoms with Gasteiger partial charge in [-0.3, -0.25) is 4.79 Å². The number of benzene rings is 2. The van der Waals surface area contributed by atoms with Crippen LogP contribution < -0.4 is 5.32 Å². The van der Waals surface area contributed by atoms with Gasteiger partial charge in [-0.25, -0.2) is 4.39 Å². The fraction of sp³-hybridized carbons (Fsp3) is 0.350. The Morgan fingerprint density at radius 3 is 2.45 bits per heavy atom. The maximum Gasteiger partial charge on any atom is 0.417 e. The molecule has 2 atom stereocenters. The highest BCUT2D eigenvalue weighted by molar-refractivity contribution is 6.31. The predicted octanol–water partition coefficient (Wildman–Crippen LogP) is 5.14. The molecule has 2 aromatic rings. The summed E-state index contributed by atoms with van der Waals surface area (Å²) in [6.45, 7) is 1.26. The van der Waals surface area contributed by atoms with Gasteiger partial charge in [0.25, 0.3) is 5.91 Å². The van der Waals surface area contributed by atoms with E-state index in [-0.39, 0.29) is 35.7 Å². The van der Waals surface area contributed by atoms with Crippen LogP contribution in [-0.2, 0) is 6.18 Å². The number of carbonyl (C=O) groups excluding carboxylic acids is 1. The van der Waals surface area contributed by atoms with E-state index in [0.29, 0.717) is 19.5 Å². The summed E-state index contributed by atoms with van der Waals surface area (Å²) in [7, 11) is 1.58. The van der Waals surface area contributed by atoms with Crippen molar-refractivity contribution < 1.29 is 22.4 Å². The fourth-order valence-electron chi connectivity index (χ4n) is 3.59. The van der Waals surface area contributed by atoms with Crippen molar-refractivity contribution in [1.82, 2.24) is 10.2 Å². The molecule has 0 aliphatic carbocycles. The Bertz CT molecular complexity index is 859. The van der Waals surface area contributed by atoms with Crippen molar-refractivity contribution in [2.75, 3.05) is 20.1 Å². The molecule has 0 unspecified atom stereocenters. The average Bonchev–Trinajstić information content (AvgIpc) is 2.67. The Labute approximate surface area is 177 Å². The highest BCUT2D eigenvalue weighted by Gasteiger charge is 2.36. The van der Waals surface area contributed by atoms with Crippen LogP contribution in [-0.4, -0.2) is 37.0 Å². The molecule has 1 N–H and O–H groups in total. The van der Waals surface area contributed by atoms with E-state index < -0.39 is 22.7 Å². The van der Waals surface area contributed by atoms with Gasteiger partial charge in [0.05, 0.1) is 10.6 Å². The number of hydrogen-bond acceptors (Lipinski definition) is 2. The van der Waals surface area contributed by atoms with Crippen LogP contribution >= 0.6 is 24.0 Å². The van der Waals surface area contributed by atoms with Gasteiger partial charge in [0.15, 0.2) is 0 Å². The summed E-state index contributed by atoms with van der Waals surface area (Å²) >= 11 is 5.65. The first-order valence-corrected chi connectivity index (χ1v) is 9.16. The summed E-state index contributed by atoms with van der Waals surface area (Å²) in [5.74, 6) is -0.965. The second kappa shape index (κ2) is 9.32. The molecule has 3 nitrogen and oxygen atoms in total. The van der Waals surface area contributed by atoms with Crippen LogP contribution in [0.3, 0.4) is 0 Å². The zero-order valence-corrected chi connectivity index (χ0v) is 17.0. The van der Waals surface area contributed by atoms with Gasteiger partial charge in [0, 0.05) is 31.1 Å². The lowest BCUT2D eigenvalue weighted by molar-refractivity contribution is -0.137. The minimum Gasteiger partial charge on any atom is -0.338 e. The molecule has 2 aromatic carbocycles. The zero-order chi connectivity index (χ0) is 20.5. The molecule has 1 fully saturated rings. The van der Waals surface area contributed by atoms with Crippen molar-refractivity contribution in [2.24, 2.45) is 0 Å². The van der Waals surface area contributed by atoms with Gasteiger partial charge in [-0.2, -0.15) is 13.2 Å². The molecule has 1 aliphatic rings. The van der Waals surface area contributed by atoms with Gasteiger partial charge >= 0.3 is 6.18 Å². The first-order valence-electron chi connectivity index (χ1n) is 8.78. The van der Waals surface area contributed by atoms with Crippen molar-refractivity contribution in [3.63, 3.8) is 0 Å². The molecule has 9 heteroatoms. The topological polar surface area (TPSA) is 32.3 Å². The fourth-order valence-corrected chi connectivity index (χ4v) is 3.81. The van der Waals surface area contributed by atoms with Gasteiger partial charge in [-0.05, 0) is 48.9 Å². The predicted molar refractivity (Wildman–Crippen MR) is 106 cm³/mol. The summed E-state index contributed by atoms with van der Waals surface area (Å²) in [6, 6.07) is 8.99. The Morgan fingerprint density at radius 1 is 1.17 bits per heavy atom. The maximum absolute atomic E-state index is 13.2. The smallest absolute Gasteiger partial charge is 0.338 e. The van der Waals surface area contributed by atoms with E-state index in [0.717, 1.165) is 17.7 Å². The number of halogens is 6. The lowest BCUT2D eigenvalue weighted by Crippen LogP contribution is -2.49. The number of nitrogens with zero attached hydrogens (tertiary/aromatic N) is 1. The molecule has 0 aromatic heterocycles. The van der Waals surface area contributed by atoms with E-state index in [1.54, 1.807) is 19.2 Å². The SMILES string of the molecule is CN(C(=O)c1ccc(Cl)c(C(F)(F)F)c1)[C@@H]1CCNC[C@H]1c1ccc(F)cc1.Cl. The highest BCUT2D eigenvalue weighted by atomic mass is 35.5. The van der Waals surface area contributed by atoms with Crippen molar-refractivity contribution >= 4 is 29.9 Å². The molecule has 1 amide bonds. The van der Waals surface area contributed by atoms with Crippen molar-refractivity contribution in [3.8, 4) is 0 Å². The van der Waals surface area contributed by atoms with E-state index in [9.17, 15) is 22.4 Å². The molecule has 158 valence electrons. The van der Waals surface area contributed by atoms with Crippen LogP contribution in [0.5, 0.6) is 0 Å². The van der Waals surface area contributed by atoms with Gasteiger partial charge < -0.3 is 10.2 Å². The zero-order valence-electron chi connectivity index (χ0n) is 15.5. The summed E-state index contributed by atoms with van der Waals surface area (Å²) in [6.07, 6.45) is -4.01. The van der Waals surface area contributed by atoms with Crippen LogP contribution in [0.4, 0.5) is 17.6 Å². The molecule has 1 heterocycles. The molecular formula is C20H20Cl2F4N2O. The van der Waals surface area contributed by atoms with Gasteiger partial charge in [-0.15, -0.1) is 12.4 Å². The number of carbonyl (C=O) groups is 1. The Morgan fingerprint density at radius 2 is 1.83 bits per heavy atom. The Balaban J connectivity index is 0.00000300. The molecule has 1 saturated heterocycles. The van der Waals surface area contributed by atoms with E-state index in [2.05, 4.69) is 5.32 Å². The van der Waals surface area contributed by atoms with E-state index in [1.165, 1.54) is 23.1 Å². The number of piperidine rings is 1. The normalized spacial score (nSPS) is 19.4. The van der Waals surface area contributed by atoms with Crippen LogP contribution in [0.1, 0.15) is 33.8 Å². The van der Waals surface area contributed by atoms with Crippen LogP contribution in [0, 0.1) is 5.82 Å². The Hall–Kier alpha value is -1.83. The quantitative estimate of drug-likeness (QED) is 0.656. The maximum atomic E-state index is 13.2. The third-order valence-corrected chi connectivity index (χ3v) is 5.41. The van der Waals surface area contributed by atoms with Crippen molar-refractivity contribution in [2.45, 2.75) is 24.6 Å². The van der Waals surface area contributed by atoms with Crippen LogP contribution in [0.15, 0.2) is 42.5 Å². The van der Waals surface area contributed by atoms with Crippen molar-refractivity contribution in [3.05, 3.63) is 70.0 Å². The molecule has 29 heavy (non-hydrogen) atoms. The first-order chi connectivity index (χ1) is 13.2. The van der Waals surface area contributed by atoms with Crippen molar-refractivity contribution in [1.29, 1.82) is 0 Å². The summed E-state index contributed by atoms with van der Waals surface area (Å²) in [4.78, 5) is 14.4. The number of rotatable bonds is 3. The van der Waals surface area contributed by atoms with Gasteiger partial charge in [0.1, 0.15) is 5.82 Å². The monoisotopic (exact) mass is 450 g/mol. The third-order valence-electron chi connectivity index (χ3n) is 5.08. The molecule has 3 rings (SSSR count). The number of nitrogens with one attached hydrogen (secondary N) is 1. The third kappa shape index (κ3) is 5.21. The lowest BCUT2D eigenvalue weighted by atomic mass is 9.85. The molecule has 0 bridgehead atoms. The lowest BCUT2D eigenvalue weighted by Gasteiger charge is -2.38. The molecule has 0 spiro atoms. The van der Waals surface area contributed by atoms with E-state index in [4.69, 9.17) is 11.6 Å². The van der Waals surface area contributed by atoms with Crippen LogP contribution in [0.2, 0.25) is 5.02 Å². The van der Waals surface area contributed by atoms with Crippen LogP contribution in [0.25, 0.3) is 0 Å². The molecular weight excluding hydrogens is 431 g/mol. The van der Waals surface area contributed by atoms with Gasteiger partial charge in [0.2, 0.25) is 0 Å².